The molecule has 0 aromatic heterocycles. The molecular weight excluding hydrogens is 304 g/mol. The van der Waals surface area contributed by atoms with Crippen LogP contribution in [-0.4, -0.2) is 47.4 Å². The first kappa shape index (κ1) is 16.7. The van der Waals surface area contributed by atoms with Gasteiger partial charge in [-0.25, -0.2) is 0 Å². The number of carbonyl (C=O) groups excluding carboxylic acids is 3. The Morgan fingerprint density at radius 2 is 1.96 bits per heavy atom. The van der Waals surface area contributed by atoms with Crippen molar-refractivity contribution in [2.45, 2.75) is 18.9 Å². The van der Waals surface area contributed by atoms with Crippen LogP contribution < -0.4 is 4.74 Å². The fourth-order valence-electron chi connectivity index (χ4n) is 2.61. The third-order valence-corrected chi connectivity index (χ3v) is 3.60. The lowest BCUT2D eigenvalue weighted by Gasteiger charge is -2.32. The van der Waals surface area contributed by atoms with E-state index in [2.05, 4.69) is 0 Å². The van der Waals surface area contributed by atoms with Crippen molar-refractivity contribution in [1.29, 1.82) is 0 Å². The number of aliphatic hydroxyl groups is 1. The zero-order chi connectivity index (χ0) is 17.4. The molecule has 0 saturated carbocycles. The summed E-state index contributed by atoms with van der Waals surface area (Å²) < 4.78 is 9.72. The van der Waals surface area contributed by atoms with Gasteiger partial charge in [0.1, 0.15) is 17.3 Å². The van der Waals surface area contributed by atoms with Gasteiger partial charge in [0.2, 0.25) is 5.78 Å². The molecule has 1 atom stereocenters. The topological polar surface area (TPSA) is 110 Å². The molecular formula is C16H16O7. The van der Waals surface area contributed by atoms with Crippen molar-refractivity contribution in [2.75, 3.05) is 14.2 Å². The summed E-state index contributed by atoms with van der Waals surface area (Å²) in [5.41, 5.74) is -3.20. The average molecular weight is 320 g/mol. The number of aromatic hydroxyl groups is 1. The Hall–Kier alpha value is -2.67. The summed E-state index contributed by atoms with van der Waals surface area (Å²) in [4.78, 5) is 36.8. The van der Waals surface area contributed by atoms with E-state index in [1.807, 2.05) is 0 Å². The second-order valence-electron chi connectivity index (χ2n) is 5.23. The maximum Gasteiger partial charge on any atom is 0.200 e. The summed E-state index contributed by atoms with van der Waals surface area (Å²) in [7, 11) is 2.57. The molecule has 1 aliphatic rings. The van der Waals surface area contributed by atoms with Crippen LogP contribution in [0.15, 0.2) is 24.0 Å². The van der Waals surface area contributed by atoms with E-state index in [0.717, 1.165) is 6.26 Å². The standard InChI is InChI=1S/C16H16O7/c1-8(17)6-16(21)11(7-22-2)14(19)13-10(15(16)20)4-9(23-3)5-12(13)18/h4-5,7,18,21H,6H2,1-3H3/b11-7-/t16-/m0/s1. The van der Waals surface area contributed by atoms with E-state index < -0.39 is 40.7 Å². The number of hydrogen-bond donors (Lipinski definition) is 2. The SMILES string of the molecule is CO/C=C1/C(=O)c2c(O)cc(OC)cc2C(=O)[C@]1(O)CC(C)=O. The number of ether oxygens (including phenoxy) is 2. The first-order valence-electron chi connectivity index (χ1n) is 6.72. The van der Waals surface area contributed by atoms with Gasteiger partial charge in [-0.1, -0.05) is 0 Å². The van der Waals surface area contributed by atoms with Gasteiger partial charge in [-0.2, -0.15) is 0 Å². The molecule has 0 fully saturated rings. The monoisotopic (exact) mass is 320 g/mol. The van der Waals surface area contributed by atoms with E-state index in [9.17, 15) is 24.6 Å². The Bertz CT molecular complexity index is 732. The molecule has 0 spiro atoms. The lowest BCUT2D eigenvalue weighted by molar-refractivity contribution is -0.119. The van der Waals surface area contributed by atoms with Crippen LogP contribution in [0.2, 0.25) is 0 Å². The minimum Gasteiger partial charge on any atom is -0.507 e. The fourth-order valence-corrected chi connectivity index (χ4v) is 2.61. The highest BCUT2D eigenvalue weighted by atomic mass is 16.5. The smallest absolute Gasteiger partial charge is 0.200 e. The van der Waals surface area contributed by atoms with Crippen molar-refractivity contribution < 1.29 is 34.1 Å². The number of benzene rings is 1. The van der Waals surface area contributed by atoms with Crippen molar-refractivity contribution >= 4 is 17.3 Å². The lowest BCUT2D eigenvalue weighted by Crippen LogP contribution is -2.48. The number of methoxy groups -OCH3 is 2. The maximum absolute atomic E-state index is 12.7. The lowest BCUT2D eigenvalue weighted by atomic mass is 9.72. The van der Waals surface area contributed by atoms with E-state index >= 15 is 0 Å². The van der Waals surface area contributed by atoms with Crippen LogP contribution in [0.25, 0.3) is 0 Å². The highest BCUT2D eigenvalue weighted by Gasteiger charge is 2.51. The zero-order valence-corrected chi connectivity index (χ0v) is 12.9. The largest absolute Gasteiger partial charge is 0.507 e. The quantitative estimate of drug-likeness (QED) is 0.629. The number of carbonyl (C=O) groups is 3. The molecule has 0 saturated heterocycles. The first-order valence-corrected chi connectivity index (χ1v) is 6.72. The Morgan fingerprint density at radius 3 is 2.48 bits per heavy atom. The molecule has 0 aliphatic heterocycles. The molecule has 0 radical (unpaired) electrons. The Kier molecular flexibility index (Phi) is 4.24. The molecule has 7 nitrogen and oxygen atoms in total. The molecule has 7 heteroatoms. The molecule has 0 heterocycles. The molecule has 122 valence electrons. The van der Waals surface area contributed by atoms with Crippen molar-refractivity contribution in [2.24, 2.45) is 0 Å². The predicted octanol–water partition coefficient (Wildman–Crippen LogP) is 1.02. The number of phenols is 1. The second kappa shape index (κ2) is 5.85. The summed E-state index contributed by atoms with van der Waals surface area (Å²) in [6.45, 7) is 1.19. The highest BCUT2D eigenvalue weighted by Crippen LogP contribution is 2.41. The van der Waals surface area contributed by atoms with Crippen LogP contribution in [0.3, 0.4) is 0 Å². The first-order chi connectivity index (χ1) is 10.8. The molecule has 0 bridgehead atoms. The Balaban J connectivity index is 2.77. The molecule has 1 aromatic rings. The summed E-state index contributed by atoms with van der Waals surface area (Å²) in [6.07, 6.45) is 0.333. The number of rotatable bonds is 4. The Morgan fingerprint density at radius 1 is 1.30 bits per heavy atom. The van der Waals surface area contributed by atoms with E-state index in [4.69, 9.17) is 9.47 Å². The van der Waals surface area contributed by atoms with Gasteiger partial charge in [-0.15, -0.1) is 0 Å². The van der Waals surface area contributed by atoms with E-state index in [-0.39, 0.29) is 16.9 Å². The minimum atomic E-state index is -2.34. The number of ketones is 3. The molecule has 1 aromatic carbocycles. The fraction of sp³-hybridized carbons (Fsp3) is 0.312. The van der Waals surface area contributed by atoms with Gasteiger partial charge in [0.05, 0.1) is 31.6 Å². The maximum atomic E-state index is 12.7. The third-order valence-electron chi connectivity index (χ3n) is 3.60. The number of phenolic OH excluding ortho intramolecular Hbond substituents is 1. The van der Waals surface area contributed by atoms with Gasteiger partial charge < -0.3 is 19.7 Å². The van der Waals surface area contributed by atoms with Gasteiger partial charge in [0.25, 0.3) is 0 Å². The summed E-state index contributed by atoms with van der Waals surface area (Å²) in [6, 6.07) is 2.42. The normalized spacial score (nSPS) is 22.0. The second-order valence-corrected chi connectivity index (χ2v) is 5.23. The van der Waals surface area contributed by atoms with Crippen LogP contribution >= 0.6 is 0 Å². The summed E-state index contributed by atoms with van der Waals surface area (Å²) in [5.74, 6) is -2.45. The molecule has 2 rings (SSSR count). The molecule has 1 aliphatic carbocycles. The molecule has 0 unspecified atom stereocenters. The van der Waals surface area contributed by atoms with E-state index in [1.165, 1.54) is 33.3 Å². The van der Waals surface area contributed by atoms with Gasteiger partial charge in [-0.05, 0) is 13.0 Å². The molecule has 2 N–H and O–H groups in total. The third kappa shape index (κ3) is 2.59. The van der Waals surface area contributed by atoms with Crippen molar-refractivity contribution in [3.8, 4) is 11.5 Å². The summed E-state index contributed by atoms with van der Waals surface area (Å²) >= 11 is 0. The van der Waals surface area contributed by atoms with Crippen molar-refractivity contribution in [1.82, 2.24) is 0 Å². The van der Waals surface area contributed by atoms with Crippen LogP contribution in [0, 0.1) is 0 Å². The number of hydrogen-bond acceptors (Lipinski definition) is 7. The summed E-state index contributed by atoms with van der Waals surface area (Å²) in [5, 5.41) is 20.7. The van der Waals surface area contributed by atoms with Crippen molar-refractivity contribution in [3.05, 3.63) is 35.1 Å². The van der Waals surface area contributed by atoms with Crippen LogP contribution in [-0.2, 0) is 9.53 Å². The number of fused-ring (bicyclic) bond motifs is 1. The average Bonchev–Trinajstić information content (AvgIpc) is 2.48. The van der Waals surface area contributed by atoms with Crippen LogP contribution in [0.4, 0.5) is 0 Å². The van der Waals surface area contributed by atoms with Gasteiger partial charge in [0, 0.05) is 18.1 Å². The number of Topliss-reactive ketones (excluding diaryl/α,β-unsaturated/α-hetero) is 3. The predicted molar refractivity (Wildman–Crippen MR) is 78.7 cm³/mol. The zero-order valence-electron chi connectivity index (χ0n) is 12.9. The molecule has 0 amide bonds. The Labute approximate surface area is 132 Å². The van der Waals surface area contributed by atoms with Gasteiger partial charge in [0.15, 0.2) is 11.4 Å². The van der Waals surface area contributed by atoms with E-state index in [1.54, 1.807) is 0 Å². The van der Waals surface area contributed by atoms with Crippen LogP contribution in [0.5, 0.6) is 11.5 Å². The minimum absolute atomic E-state index is 0.145. The highest BCUT2D eigenvalue weighted by molar-refractivity contribution is 6.28. The van der Waals surface area contributed by atoms with Crippen molar-refractivity contribution in [3.63, 3.8) is 0 Å². The molecule has 23 heavy (non-hydrogen) atoms. The van der Waals surface area contributed by atoms with Gasteiger partial charge >= 0.3 is 0 Å². The van der Waals surface area contributed by atoms with E-state index in [0.29, 0.717) is 0 Å². The van der Waals surface area contributed by atoms with Crippen LogP contribution in [0.1, 0.15) is 34.1 Å². The van der Waals surface area contributed by atoms with Gasteiger partial charge in [-0.3, -0.25) is 14.4 Å².